The summed E-state index contributed by atoms with van der Waals surface area (Å²) in [7, 11) is 1.63. The minimum atomic E-state index is -0.258. The minimum absolute atomic E-state index is 0.216. The average Bonchev–Trinajstić information content (AvgIpc) is 2.64. The number of nitrogens with zero attached hydrogens (tertiary/aromatic N) is 2. The standard InChI is InChI=1S/C19H25FN4O/c1-3-21-19(23-13-11-17-6-4-5-12-22-17)24-14-18(25-2)15-7-9-16(20)10-8-15/h4-10,12,18H,3,11,13-14H2,1-2H3,(H2,21,23,24). The lowest BCUT2D eigenvalue weighted by atomic mass is 10.1. The third kappa shape index (κ3) is 6.51. The molecule has 134 valence electrons. The van der Waals surface area contributed by atoms with Crippen LogP contribution in [-0.2, 0) is 11.2 Å². The van der Waals surface area contributed by atoms with Crippen molar-refractivity contribution in [3.05, 3.63) is 65.7 Å². The topological polar surface area (TPSA) is 58.5 Å². The number of ether oxygens (including phenoxy) is 1. The molecular formula is C19H25FN4O. The van der Waals surface area contributed by atoms with Crippen LogP contribution in [0.5, 0.6) is 0 Å². The van der Waals surface area contributed by atoms with Crippen molar-refractivity contribution in [1.82, 2.24) is 15.6 Å². The zero-order valence-corrected chi connectivity index (χ0v) is 14.7. The van der Waals surface area contributed by atoms with Gasteiger partial charge in [-0.05, 0) is 36.8 Å². The molecule has 0 aliphatic heterocycles. The van der Waals surface area contributed by atoms with E-state index >= 15 is 0 Å². The summed E-state index contributed by atoms with van der Waals surface area (Å²) in [5.74, 6) is 0.467. The summed E-state index contributed by atoms with van der Waals surface area (Å²) < 4.78 is 18.5. The fourth-order valence-corrected chi connectivity index (χ4v) is 2.36. The van der Waals surface area contributed by atoms with Crippen LogP contribution in [0.25, 0.3) is 0 Å². The molecule has 0 saturated heterocycles. The minimum Gasteiger partial charge on any atom is -0.375 e. The number of aliphatic imine (C=N–C) groups is 1. The van der Waals surface area contributed by atoms with Gasteiger partial charge in [-0.3, -0.25) is 9.98 Å². The van der Waals surface area contributed by atoms with Crippen molar-refractivity contribution < 1.29 is 9.13 Å². The van der Waals surface area contributed by atoms with Crippen LogP contribution in [0.15, 0.2) is 53.7 Å². The Balaban J connectivity index is 1.91. The van der Waals surface area contributed by atoms with Gasteiger partial charge in [0.2, 0.25) is 0 Å². The SMILES string of the molecule is CCNC(=NCC(OC)c1ccc(F)cc1)NCCc1ccccn1. The molecule has 1 unspecified atom stereocenters. The first-order valence-corrected chi connectivity index (χ1v) is 8.43. The molecule has 2 N–H and O–H groups in total. The van der Waals surface area contributed by atoms with Gasteiger partial charge in [-0.1, -0.05) is 18.2 Å². The number of benzene rings is 1. The van der Waals surface area contributed by atoms with Gasteiger partial charge in [0.15, 0.2) is 5.96 Å². The van der Waals surface area contributed by atoms with E-state index in [0.29, 0.717) is 6.54 Å². The Morgan fingerprint density at radius 2 is 2.00 bits per heavy atom. The molecule has 1 atom stereocenters. The molecule has 0 aliphatic rings. The van der Waals surface area contributed by atoms with Gasteiger partial charge in [-0.25, -0.2) is 4.39 Å². The summed E-state index contributed by atoms with van der Waals surface area (Å²) in [4.78, 5) is 8.87. The molecule has 2 rings (SSSR count). The first-order valence-electron chi connectivity index (χ1n) is 8.43. The second-order valence-corrected chi connectivity index (χ2v) is 5.49. The van der Waals surface area contributed by atoms with Gasteiger partial charge >= 0.3 is 0 Å². The van der Waals surface area contributed by atoms with Crippen LogP contribution in [0, 0.1) is 5.82 Å². The Kier molecular flexibility index (Phi) is 7.85. The molecule has 2 aromatic rings. The smallest absolute Gasteiger partial charge is 0.191 e. The number of hydrogen-bond donors (Lipinski definition) is 2. The van der Waals surface area contributed by atoms with E-state index in [1.54, 1.807) is 25.4 Å². The fourth-order valence-electron chi connectivity index (χ4n) is 2.36. The van der Waals surface area contributed by atoms with Crippen molar-refractivity contribution in [2.24, 2.45) is 4.99 Å². The Hall–Kier alpha value is -2.47. The van der Waals surface area contributed by atoms with Crippen molar-refractivity contribution in [3.8, 4) is 0 Å². The van der Waals surface area contributed by atoms with Crippen LogP contribution in [0.2, 0.25) is 0 Å². The number of methoxy groups -OCH3 is 1. The van der Waals surface area contributed by atoms with Crippen molar-refractivity contribution in [1.29, 1.82) is 0 Å². The quantitative estimate of drug-likeness (QED) is 0.571. The highest BCUT2D eigenvalue weighted by molar-refractivity contribution is 5.79. The summed E-state index contributed by atoms with van der Waals surface area (Å²) in [5, 5.41) is 6.50. The number of halogens is 1. The van der Waals surface area contributed by atoms with Gasteiger partial charge in [-0.15, -0.1) is 0 Å². The molecule has 6 heteroatoms. The molecule has 0 fully saturated rings. The first kappa shape index (κ1) is 18.9. The van der Waals surface area contributed by atoms with Gasteiger partial charge in [0.1, 0.15) is 11.9 Å². The van der Waals surface area contributed by atoms with Gasteiger partial charge < -0.3 is 15.4 Å². The molecule has 0 radical (unpaired) electrons. The Morgan fingerprint density at radius 3 is 2.64 bits per heavy atom. The molecule has 1 heterocycles. The van der Waals surface area contributed by atoms with E-state index in [1.807, 2.05) is 25.1 Å². The van der Waals surface area contributed by atoms with Crippen LogP contribution < -0.4 is 10.6 Å². The Bertz CT molecular complexity index is 646. The highest BCUT2D eigenvalue weighted by Crippen LogP contribution is 2.17. The fraction of sp³-hybridized carbons (Fsp3) is 0.368. The van der Waals surface area contributed by atoms with Crippen LogP contribution in [0.3, 0.4) is 0 Å². The monoisotopic (exact) mass is 344 g/mol. The molecule has 0 amide bonds. The number of hydrogen-bond acceptors (Lipinski definition) is 3. The largest absolute Gasteiger partial charge is 0.375 e. The molecular weight excluding hydrogens is 319 g/mol. The maximum atomic E-state index is 13.1. The number of rotatable bonds is 8. The third-order valence-electron chi connectivity index (χ3n) is 3.69. The van der Waals surface area contributed by atoms with Crippen LogP contribution in [-0.4, -0.2) is 37.7 Å². The van der Waals surface area contributed by atoms with E-state index < -0.39 is 0 Å². The van der Waals surface area contributed by atoms with Crippen molar-refractivity contribution in [2.75, 3.05) is 26.7 Å². The first-order chi connectivity index (χ1) is 12.2. The second kappa shape index (κ2) is 10.4. The van der Waals surface area contributed by atoms with Gasteiger partial charge in [0, 0.05) is 38.5 Å². The summed E-state index contributed by atoms with van der Waals surface area (Å²) in [6, 6.07) is 12.2. The summed E-state index contributed by atoms with van der Waals surface area (Å²) >= 11 is 0. The maximum absolute atomic E-state index is 13.1. The molecule has 0 aliphatic carbocycles. The van der Waals surface area contributed by atoms with E-state index in [0.717, 1.165) is 36.7 Å². The van der Waals surface area contributed by atoms with Crippen molar-refractivity contribution >= 4 is 5.96 Å². The zero-order chi connectivity index (χ0) is 17.9. The summed E-state index contributed by atoms with van der Waals surface area (Å²) in [5.41, 5.74) is 1.93. The summed E-state index contributed by atoms with van der Waals surface area (Å²) in [6.07, 6.45) is 2.39. The van der Waals surface area contributed by atoms with Gasteiger partial charge in [0.05, 0.1) is 6.54 Å². The van der Waals surface area contributed by atoms with E-state index in [1.165, 1.54) is 12.1 Å². The number of guanidine groups is 1. The lowest BCUT2D eigenvalue weighted by Gasteiger charge is -2.16. The number of nitrogens with one attached hydrogen (secondary N) is 2. The Morgan fingerprint density at radius 1 is 1.20 bits per heavy atom. The predicted molar refractivity (Wildman–Crippen MR) is 98.1 cm³/mol. The van der Waals surface area contributed by atoms with E-state index in [9.17, 15) is 4.39 Å². The van der Waals surface area contributed by atoms with Crippen molar-refractivity contribution in [2.45, 2.75) is 19.4 Å². The van der Waals surface area contributed by atoms with E-state index in [-0.39, 0.29) is 11.9 Å². The molecule has 0 bridgehead atoms. The third-order valence-corrected chi connectivity index (χ3v) is 3.69. The van der Waals surface area contributed by atoms with E-state index in [4.69, 9.17) is 4.74 Å². The lowest BCUT2D eigenvalue weighted by molar-refractivity contribution is 0.111. The molecule has 1 aromatic heterocycles. The number of aromatic nitrogens is 1. The highest BCUT2D eigenvalue weighted by atomic mass is 19.1. The van der Waals surface area contributed by atoms with Crippen LogP contribution >= 0.6 is 0 Å². The molecule has 0 saturated carbocycles. The highest BCUT2D eigenvalue weighted by Gasteiger charge is 2.10. The molecule has 0 spiro atoms. The molecule has 25 heavy (non-hydrogen) atoms. The Labute approximate surface area is 148 Å². The average molecular weight is 344 g/mol. The second-order valence-electron chi connectivity index (χ2n) is 5.49. The number of pyridine rings is 1. The normalized spacial score (nSPS) is 12.7. The molecule has 1 aromatic carbocycles. The van der Waals surface area contributed by atoms with Crippen LogP contribution in [0.1, 0.15) is 24.3 Å². The predicted octanol–water partition coefficient (Wildman–Crippen LogP) is 2.71. The summed E-state index contributed by atoms with van der Waals surface area (Å²) in [6.45, 7) is 3.96. The maximum Gasteiger partial charge on any atom is 0.191 e. The van der Waals surface area contributed by atoms with Crippen molar-refractivity contribution in [3.63, 3.8) is 0 Å². The lowest BCUT2D eigenvalue weighted by Crippen LogP contribution is -2.38. The van der Waals surface area contributed by atoms with Crippen LogP contribution in [0.4, 0.5) is 4.39 Å². The van der Waals surface area contributed by atoms with Gasteiger partial charge in [0.25, 0.3) is 0 Å². The van der Waals surface area contributed by atoms with Gasteiger partial charge in [-0.2, -0.15) is 0 Å². The molecule has 5 nitrogen and oxygen atoms in total. The van der Waals surface area contributed by atoms with E-state index in [2.05, 4.69) is 20.6 Å². The zero-order valence-electron chi connectivity index (χ0n) is 14.7.